The van der Waals surface area contributed by atoms with Gasteiger partial charge in [-0.15, -0.1) is 0 Å². The van der Waals surface area contributed by atoms with Gasteiger partial charge >= 0.3 is 6.03 Å². The summed E-state index contributed by atoms with van der Waals surface area (Å²) in [5.41, 5.74) is 2.05. The summed E-state index contributed by atoms with van der Waals surface area (Å²) in [4.78, 5) is 22.9. The van der Waals surface area contributed by atoms with Gasteiger partial charge < -0.3 is 19.7 Å². The average molecular weight is 340 g/mol. The molecule has 130 valence electrons. The van der Waals surface area contributed by atoms with Crippen LogP contribution in [0.2, 0.25) is 0 Å². The van der Waals surface area contributed by atoms with Gasteiger partial charge in [-0.25, -0.2) is 14.8 Å². The quantitative estimate of drug-likeness (QED) is 0.900. The first-order valence-corrected chi connectivity index (χ1v) is 8.42. The number of carbonyl (C=O) groups excluding carboxylic acids is 1. The molecule has 0 saturated heterocycles. The van der Waals surface area contributed by atoms with Crippen molar-refractivity contribution in [2.24, 2.45) is 0 Å². The zero-order valence-corrected chi connectivity index (χ0v) is 14.1. The lowest BCUT2D eigenvalue weighted by Gasteiger charge is -2.30. The maximum Gasteiger partial charge on any atom is 0.317 e. The van der Waals surface area contributed by atoms with Crippen LogP contribution in [0.3, 0.4) is 0 Å². The summed E-state index contributed by atoms with van der Waals surface area (Å²) in [6, 6.07) is 7.45. The summed E-state index contributed by atoms with van der Waals surface area (Å²) in [6.07, 6.45) is 2.37. The summed E-state index contributed by atoms with van der Waals surface area (Å²) in [5.74, 6) is 2.23. The van der Waals surface area contributed by atoms with Crippen LogP contribution in [0.15, 0.2) is 30.5 Å². The van der Waals surface area contributed by atoms with E-state index in [0.717, 1.165) is 29.3 Å². The lowest BCUT2D eigenvalue weighted by Crippen LogP contribution is -2.47. The Bertz CT molecular complexity index is 796. The van der Waals surface area contributed by atoms with Gasteiger partial charge in [0.1, 0.15) is 12.4 Å². The van der Waals surface area contributed by atoms with Crippen LogP contribution in [0.25, 0.3) is 0 Å². The lowest BCUT2D eigenvalue weighted by atomic mass is 10.1. The number of carbonyl (C=O) groups is 1. The van der Waals surface area contributed by atoms with Crippen molar-refractivity contribution in [2.75, 3.05) is 19.7 Å². The van der Waals surface area contributed by atoms with Gasteiger partial charge in [-0.1, -0.05) is 12.1 Å². The molecule has 3 heterocycles. The Morgan fingerprint density at radius 2 is 2.20 bits per heavy atom. The monoisotopic (exact) mass is 340 g/mol. The molecule has 2 aromatic rings. The van der Waals surface area contributed by atoms with Gasteiger partial charge in [0.15, 0.2) is 17.6 Å². The standard InChI is InChI=1S/C18H20N4O3/c1-12-19-8-13-10-22(7-6-15(13)21-12)18(23)20-9-14-11-24-16-4-2-3-5-17(16)25-14/h2-5,8,14H,6-7,9-11H2,1H3,(H,20,23). The highest BCUT2D eigenvalue weighted by molar-refractivity contribution is 5.74. The predicted octanol–water partition coefficient (Wildman–Crippen LogP) is 1.69. The molecule has 0 spiro atoms. The van der Waals surface area contributed by atoms with Crippen molar-refractivity contribution in [1.29, 1.82) is 0 Å². The zero-order valence-electron chi connectivity index (χ0n) is 14.1. The molecular formula is C18H20N4O3. The predicted molar refractivity (Wildman–Crippen MR) is 90.6 cm³/mol. The molecular weight excluding hydrogens is 320 g/mol. The summed E-state index contributed by atoms with van der Waals surface area (Å²) < 4.78 is 11.5. The molecule has 7 nitrogen and oxygen atoms in total. The van der Waals surface area contributed by atoms with Crippen molar-refractivity contribution in [1.82, 2.24) is 20.2 Å². The van der Waals surface area contributed by atoms with Gasteiger partial charge in [-0.05, 0) is 19.1 Å². The topological polar surface area (TPSA) is 76.6 Å². The molecule has 1 N–H and O–H groups in total. The summed E-state index contributed by atoms with van der Waals surface area (Å²) >= 11 is 0. The van der Waals surface area contributed by atoms with Crippen LogP contribution in [0.5, 0.6) is 11.5 Å². The molecule has 0 bridgehead atoms. The van der Waals surface area contributed by atoms with Crippen molar-refractivity contribution >= 4 is 6.03 Å². The Hall–Kier alpha value is -2.83. The van der Waals surface area contributed by atoms with Crippen LogP contribution >= 0.6 is 0 Å². The first kappa shape index (κ1) is 15.7. The van der Waals surface area contributed by atoms with Gasteiger partial charge in [-0.3, -0.25) is 0 Å². The fraction of sp³-hybridized carbons (Fsp3) is 0.389. The lowest BCUT2D eigenvalue weighted by molar-refractivity contribution is 0.0898. The van der Waals surface area contributed by atoms with E-state index in [1.165, 1.54) is 0 Å². The SMILES string of the molecule is Cc1ncc2c(n1)CCN(C(=O)NCC1COc3ccccc3O1)C2. The molecule has 2 aliphatic rings. The molecule has 1 atom stereocenters. The number of rotatable bonds is 2. The number of nitrogens with one attached hydrogen (secondary N) is 1. The number of ether oxygens (including phenoxy) is 2. The van der Waals surface area contributed by atoms with E-state index in [-0.39, 0.29) is 12.1 Å². The highest BCUT2D eigenvalue weighted by Crippen LogP contribution is 2.30. The van der Waals surface area contributed by atoms with E-state index in [1.807, 2.05) is 37.4 Å². The Morgan fingerprint density at radius 1 is 1.36 bits per heavy atom. The summed E-state index contributed by atoms with van der Waals surface area (Å²) in [5, 5.41) is 2.94. The largest absolute Gasteiger partial charge is 0.486 e. The number of urea groups is 1. The highest BCUT2D eigenvalue weighted by atomic mass is 16.6. The van der Waals surface area contributed by atoms with Crippen molar-refractivity contribution in [3.63, 3.8) is 0 Å². The third-order valence-electron chi connectivity index (χ3n) is 4.39. The Morgan fingerprint density at radius 3 is 3.08 bits per heavy atom. The Kier molecular flexibility index (Phi) is 4.13. The maximum absolute atomic E-state index is 12.4. The molecule has 25 heavy (non-hydrogen) atoms. The minimum Gasteiger partial charge on any atom is -0.486 e. The molecule has 1 aromatic heterocycles. The number of aryl methyl sites for hydroxylation is 1. The molecule has 0 fully saturated rings. The third-order valence-corrected chi connectivity index (χ3v) is 4.39. The first-order chi connectivity index (χ1) is 12.2. The summed E-state index contributed by atoms with van der Waals surface area (Å²) in [7, 11) is 0. The van der Waals surface area contributed by atoms with Gasteiger partial charge in [0.25, 0.3) is 0 Å². The van der Waals surface area contributed by atoms with Crippen LogP contribution in [-0.2, 0) is 13.0 Å². The van der Waals surface area contributed by atoms with Gasteiger partial charge in [0, 0.05) is 24.7 Å². The number of para-hydroxylation sites is 2. The molecule has 7 heteroatoms. The molecule has 1 unspecified atom stereocenters. The van der Waals surface area contributed by atoms with Gasteiger partial charge in [0.2, 0.25) is 0 Å². The number of hydrogen-bond acceptors (Lipinski definition) is 5. The summed E-state index contributed by atoms with van der Waals surface area (Å²) in [6.45, 7) is 3.89. The second-order valence-corrected chi connectivity index (χ2v) is 6.24. The van der Waals surface area contributed by atoms with Gasteiger partial charge in [-0.2, -0.15) is 0 Å². The number of aromatic nitrogens is 2. The number of benzene rings is 1. The minimum absolute atomic E-state index is 0.103. The average Bonchev–Trinajstić information content (AvgIpc) is 2.65. The molecule has 2 aliphatic heterocycles. The number of fused-ring (bicyclic) bond motifs is 2. The van der Waals surface area contributed by atoms with E-state index in [9.17, 15) is 4.79 Å². The van der Waals surface area contributed by atoms with E-state index < -0.39 is 0 Å². The zero-order chi connectivity index (χ0) is 17.2. The fourth-order valence-electron chi connectivity index (χ4n) is 3.07. The molecule has 0 aliphatic carbocycles. The van der Waals surface area contributed by atoms with Gasteiger partial charge in [0.05, 0.1) is 18.8 Å². The molecule has 4 rings (SSSR count). The highest BCUT2D eigenvalue weighted by Gasteiger charge is 2.25. The fourth-order valence-corrected chi connectivity index (χ4v) is 3.07. The molecule has 1 aromatic carbocycles. The van der Waals surface area contributed by atoms with Crippen molar-refractivity contribution in [3.8, 4) is 11.5 Å². The number of amides is 2. The van der Waals surface area contributed by atoms with Crippen molar-refractivity contribution < 1.29 is 14.3 Å². The van der Waals surface area contributed by atoms with Crippen LogP contribution in [0.4, 0.5) is 4.79 Å². The smallest absolute Gasteiger partial charge is 0.317 e. The molecule has 0 radical (unpaired) electrons. The Balaban J connectivity index is 1.32. The van der Waals surface area contributed by atoms with Crippen molar-refractivity contribution in [3.05, 3.63) is 47.5 Å². The van der Waals surface area contributed by atoms with E-state index in [0.29, 0.717) is 32.0 Å². The van der Waals surface area contributed by atoms with Crippen LogP contribution < -0.4 is 14.8 Å². The van der Waals surface area contributed by atoms with E-state index in [1.54, 1.807) is 4.90 Å². The third kappa shape index (κ3) is 3.35. The van der Waals surface area contributed by atoms with E-state index in [2.05, 4.69) is 15.3 Å². The van der Waals surface area contributed by atoms with Crippen molar-refractivity contribution in [2.45, 2.75) is 26.0 Å². The molecule has 0 saturated carbocycles. The van der Waals surface area contributed by atoms with Crippen LogP contribution in [-0.4, -0.2) is 46.7 Å². The molecule has 2 amide bonds. The van der Waals surface area contributed by atoms with Crippen LogP contribution in [0, 0.1) is 6.92 Å². The van der Waals surface area contributed by atoms with Crippen LogP contribution in [0.1, 0.15) is 17.1 Å². The van der Waals surface area contributed by atoms with E-state index >= 15 is 0 Å². The maximum atomic E-state index is 12.4. The normalized spacial score (nSPS) is 18.4. The number of hydrogen-bond donors (Lipinski definition) is 1. The van der Waals surface area contributed by atoms with E-state index in [4.69, 9.17) is 9.47 Å². The minimum atomic E-state index is -0.193. The second-order valence-electron chi connectivity index (χ2n) is 6.24. The number of nitrogens with zero attached hydrogens (tertiary/aromatic N) is 3. The Labute approximate surface area is 146 Å². The second kappa shape index (κ2) is 6.58. The first-order valence-electron chi connectivity index (χ1n) is 8.42.